The molecule has 0 bridgehead atoms. The molecule has 0 saturated heterocycles. The van der Waals surface area contributed by atoms with Crippen LogP contribution in [0.4, 0.5) is 17.2 Å². The van der Waals surface area contributed by atoms with Crippen LogP contribution < -0.4 is 15.1 Å². The number of carbonyl (C=O) groups is 1. The molecule has 2 aromatic rings. The molecular formula is C12H9N3O3. The van der Waals surface area contributed by atoms with Gasteiger partial charge in [0.25, 0.3) is 5.91 Å². The highest BCUT2D eigenvalue weighted by Crippen LogP contribution is 2.33. The van der Waals surface area contributed by atoms with Crippen molar-refractivity contribution < 1.29 is 14.7 Å². The van der Waals surface area contributed by atoms with Crippen LogP contribution in [0.3, 0.4) is 0 Å². The molecule has 90 valence electrons. The van der Waals surface area contributed by atoms with Gasteiger partial charge in [0.05, 0.1) is 11.8 Å². The fraction of sp³-hybridized carbons (Fsp3) is 0. The van der Waals surface area contributed by atoms with Crippen LogP contribution in [0.1, 0.15) is 10.4 Å². The van der Waals surface area contributed by atoms with Crippen molar-refractivity contribution in [3.63, 3.8) is 0 Å². The second kappa shape index (κ2) is 3.71. The highest BCUT2D eigenvalue weighted by atomic mass is 16.5. The topological polar surface area (TPSA) is 79.5 Å². The third kappa shape index (κ3) is 1.40. The van der Waals surface area contributed by atoms with Crippen molar-refractivity contribution in [2.45, 2.75) is 0 Å². The van der Waals surface area contributed by atoms with Crippen LogP contribution in [0.5, 0.6) is 0 Å². The van der Waals surface area contributed by atoms with E-state index in [0.717, 1.165) is 5.06 Å². The molecule has 1 amide bonds. The predicted molar refractivity (Wildman–Crippen MR) is 63.7 cm³/mol. The Morgan fingerprint density at radius 3 is 2.83 bits per heavy atom. The summed E-state index contributed by atoms with van der Waals surface area (Å²) in [5.74, 6) is -0.398. The number of fused-ring (bicyclic) bond motifs is 2. The second-order valence-electron chi connectivity index (χ2n) is 3.85. The minimum Gasteiger partial charge on any atom is -0.710 e. The molecule has 1 aliphatic heterocycles. The summed E-state index contributed by atoms with van der Waals surface area (Å²) in [7, 11) is 0. The number of para-hydroxylation sites is 1. The summed E-state index contributed by atoms with van der Waals surface area (Å²) in [6, 6.07) is 9.56. The Balaban J connectivity index is 2.29. The fourth-order valence-electron chi connectivity index (χ4n) is 1.94. The van der Waals surface area contributed by atoms with Gasteiger partial charge in [0.15, 0.2) is 5.69 Å². The summed E-state index contributed by atoms with van der Waals surface area (Å²) in [5.41, 5.74) is 0.831. The smallest absolute Gasteiger partial charge is 0.339 e. The van der Waals surface area contributed by atoms with Gasteiger partial charge in [0.1, 0.15) is 5.69 Å². The second-order valence-corrected chi connectivity index (χ2v) is 3.85. The van der Waals surface area contributed by atoms with Gasteiger partial charge in [-0.05, 0) is 24.3 Å². The molecule has 3 rings (SSSR count). The van der Waals surface area contributed by atoms with Gasteiger partial charge in [-0.15, -0.1) is 0 Å². The quantitative estimate of drug-likeness (QED) is 0.541. The molecule has 6 nitrogen and oxygen atoms in total. The first-order chi connectivity index (χ1) is 8.68. The summed E-state index contributed by atoms with van der Waals surface area (Å²) in [6.45, 7) is 0. The normalized spacial score (nSPS) is 13.4. The fourth-order valence-corrected chi connectivity index (χ4v) is 1.94. The van der Waals surface area contributed by atoms with E-state index in [1.165, 1.54) is 12.3 Å². The van der Waals surface area contributed by atoms with Crippen LogP contribution in [0.15, 0.2) is 42.6 Å². The SMILES string of the molecule is O=C1Nc2ccc[n+]([O-])c2N(O)c2ccccc21. The lowest BCUT2D eigenvalue weighted by Gasteiger charge is -2.14. The van der Waals surface area contributed by atoms with E-state index < -0.39 is 0 Å². The van der Waals surface area contributed by atoms with E-state index >= 15 is 0 Å². The molecule has 0 radical (unpaired) electrons. The maximum absolute atomic E-state index is 12.0. The molecule has 2 N–H and O–H groups in total. The van der Waals surface area contributed by atoms with Crippen LogP contribution in [0.2, 0.25) is 0 Å². The molecule has 0 unspecified atom stereocenters. The third-order valence-corrected chi connectivity index (χ3v) is 2.76. The molecule has 0 aliphatic carbocycles. The van der Waals surface area contributed by atoms with Gasteiger partial charge in [-0.1, -0.05) is 17.2 Å². The summed E-state index contributed by atoms with van der Waals surface area (Å²) in [4.78, 5) is 12.0. The molecule has 0 spiro atoms. The lowest BCUT2D eigenvalue weighted by Crippen LogP contribution is -2.34. The molecule has 18 heavy (non-hydrogen) atoms. The molecule has 6 heteroatoms. The first kappa shape index (κ1) is 10.5. The molecule has 0 saturated carbocycles. The number of hydrogen-bond donors (Lipinski definition) is 2. The maximum atomic E-state index is 12.0. The summed E-state index contributed by atoms with van der Waals surface area (Å²) in [6.07, 6.45) is 1.25. The minimum absolute atomic E-state index is 0.0317. The third-order valence-electron chi connectivity index (χ3n) is 2.76. The standard InChI is InChI=1S/C12H9N3O3/c16-11-8-4-1-2-6-10(8)15(18)12-9(13-11)5-3-7-14(12)17/h1-7,18H,(H,13,16). The van der Waals surface area contributed by atoms with Crippen molar-refractivity contribution in [2.75, 3.05) is 10.4 Å². The van der Waals surface area contributed by atoms with Gasteiger partial charge in [-0.2, -0.15) is 0 Å². The minimum atomic E-state index is -0.366. The number of nitrogens with one attached hydrogen (secondary N) is 1. The highest BCUT2D eigenvalue weighted by Gasteiger charge is 2.31. The molecular weight excluding hydrogens is 234 g/mol. The average Bonchev–Trinajstić information content (AvgIpc) is 2.48. The van der Waals surface area contributed by atoms with Gasteiger partial charge in [0, 0.05) is 0 Å². The average molecular weight is 243 g/mol. The number of carbonyl (C=O) groups excluding carboxylic acids is 1. The Hall–Kier alpha value is -2.60. The zero-order valence-electron chi connectivity index (χ0n) is 9.20. The van der Waals surface area contributed by atoms with E-state index in [2.05, 4.69) is 5.32 Å². The summed E-state index contributed by atoms with van der Waals surface area (Å²) >= 11 is 0. The van der Waals surface area contributed by atoms with Gasteiger partial charge in [-0.3, -0.25) is 4.79 Å². The Morgan fingerprint density at radius 1 is 1.22 bits per heavy atom. The number of pyridine rings is 1. The van der Waals surface area contributed by atoms with E-state index in [-0.39, 0.29) is 23.1 Å². The first-order valence-electron chi connectivity index (χ1n) is 5.30. The number of aromatic nitrogens is 1. The summed E-state index contributed by atoms with van der Waals surface area (Å²) in [5, 5.41) is 25.1. The van der Waals surface area contributed by atoms with Crippen molar-refractivity contribution in [1.29, 1.82) is 0 Å². The lowest BCUT2D eigenvalue weighted by atomic mass is 10.1. The predicted octanol–water partition coefficient (Wildman–Crippen LogP) is 1.41. The number of amides is 1. The van der Waals surface area contributed by atoms with Crippen LogP contribution in [-0.2, 0) is 0 Å². The molecule has 0 atom stereocenters. The zero-order chi connectivity index (χ0) is 12.7. The lowest BCUT2D eigenvalue weighted by molar-refractivity contribution is -0.593. The highest BCUT2D eigenvalue weighted by molar-refractivity contribution is 6.11. The Bertz CT molecular complexity index is 642. The van der Waals surface area contributed by atoms with Gasteiger partial charge >= 0.3 is 5.82 Å². The molecule has 2 heterocycles. The van der Waals surface area contributed by atoms with Crippen molar-refractivity contribution >= 4 is 23.1 Å². The Labute approximate surface area is 102 Å². The van der Waals surface area contributed by atoms with Crippen molar-refractivity contribution in [2.24, 2.45) is 0 Å². The van der Waals surface area contributed by atoms with Crippen molar-refractivity contribution in [1.82, 2.24) is 0 Å². The van der Waals surface area contributed by atoms with Crippen LogP contribution >= 0.6 is 0 Å². The maximum Gasteiger partial charge on any atom is 0.339 e. The molecule has 0 fully saturated rings. The zero-order valence-corrected chi connectivity index (χ0v) is 9.20. The molecule has 1 aromatic carbocycles. The van der Waals surface area contributed by atoms with E-state index in [4.69, 9.17) is 0 Å². The van der Waals surface area contributed by atoms with Crippen LogP contribution in [-0.4, -0.2) is 11.1 Å². The van der Waals surface area contributed by atoms with Gasteiger partial charge in [-0.25, -0.2) is 9.94 Å². The number of hydrogen-bond acceptors (Lipinski definition) is 4. The number of nitrogens with zero attached hydrogens (tertiary/aromatic N) is 2. The van der Waals surface area contributed by atoms with Gasteiger partial charge < -0.3 is 10.5 Å². The van der Waals surface area contributed by atoms with Crippen LogP contribution in [0, 0.1) is 5.21 Å². The van der Waals surface area contributed by atoms with E-state index in [0.29, 0.717) is 10.3 Å². The monoisotopic (exact) mass is 243 g/mol. The number of rotatable bonds is 0. The van der Waals surface area contributed by atoms with Crippen molar-refractivity contribution in [3.8, 4) is 0 Å². The summed E-state index contributed by atoms with van der Waals surface area (Å²) < 4.78 is 0.498. The molecule has 1 aromatic heterocycles. The molecule has 1 aliphatic rings. The Morgan fingerprint density at radius 2 is 2.00 bits per heavy atom. The number of anilines is 3. The van der Waals surface area contributed by atoms with Crippen LogP contribution in [0.25, 0.3) is 0 Å². The van der Waals surface area contributed by atoms with Gasteiger partial charge in [0.2, 0.25) is 0 Å². The largest absolute Gasteiger partial charge is 0.710 e. The number of benzene rings is 1. The first-order valence-corrected chi connectivity index (χ1v) is 5.30. The van der Waals surface area contributed by atoms with E-state index in [1.54, 1.807) is 30.3 Å². The van der Waals surface area contributed by atoms with Crippen molar-refractivity contribution in [3.05, 3.63) is 53.4 Å². The Kier molecular flexibility index (Phi) is 2.17. The van der Waals surface area contributed by atoms with E-state index in [1.807, 2.05) is 0 Å². The van der Waals surface area contributed by atoms with E-state index in [9.17, 15) is 15.2 Å².